The van der Waals surface area contributed by atoms with Crippen LogP contribution < -0.4 is 5.32 Å². The lowest BCUT2D eigenvalue weighted by atomic mass is 10.0. The Morgan fingerprint density at radius 3 is 2.47 bits per heavy atom. The predicted octanol–water partition coefficient (Wildman–Crippen LogP) is 1.87. The second-order valence-electron chi connectivity index (χ2n) is 4.04. The molecule has 0 aromatic heterocycles. The number of aliphatic hydroxyl groups excluding tert-OH is 1. The van der Waals surface area contributed by atoms with Gasteiger partial charge < -0.3 is 10.4 Å². The number of amides is 1. The summed E-state index contributed by atoms with van der Waals surface area (Å²) in [7, 11) is 0. The van der Waals surface area contributed by atoms with E-state index in [-0.39, 0.29) is 12.0 Å². The summed E-state index contributed by atoms with van der Waals surface area (Å²) in [4.78, 5) is 10.5. The Labute approximate surface area is 92.6 Å². The Balaban J connectivity index is 3.35. The SMILES string of the molecule is CC(=O)NCC/C=C/CC[C@@H](C)[C@H](C)O. The number of hydrogen-bond acceptors (Lipinski definition) is 2. The van der Waals surface area contributed by atoms with E-state index < -0.39 is 0 Å². The standard InChI is InChI=1S/C12H23NO2/c1-10(11(2)14)8-6-4-5-7-9-13-12(3)15/h4-5,10-11,14H,6-9H2,1-3H3,(H,13,15)/b5-4+/t10-,11+/m1/s1. The van der Waals surface area contributed by atoms with Crippen molar-refractivity contribution in [3.8, 4) is 0 Å². The van der Waals surface area contributed by atoms with Crippen LogP contribution in [0.25, 0.3) is 0 Å². The zero-order chi connectivity index (χ0) is 11.7. The number of nitrogens with one attached hydrogen (secondary N) is 1. The van der Waals surface area contributed by atoms with Crippen LogP contribution in [0.5, 0.6) is 0 Å². The molecule has 0 aromatic carbocycles. The van der Waals surface area contributed by atoms with Crippen LogP contribution in [-0.4, -0.2) is 23.7 Å². The first-order chi connectivity index (χ1) is 7.04. The fraction of sp³-hybridized carbons (Fsp3) is 0.750. The van der Waals surface area contributed by atoms with E-state index in [1.165, 1.54) is 6.92 Å². The van der Waals surface area contributed by atoms with Crippen molar-refractivity contribution >= 4 is 5.91 Å². The summed E-state index contributed by atoms with van der Waals surface area (Å²) in [6.45, 7) is 6.10. The van der Waals surface area contributed by atoms with E-state index in [4.69, 9.17) is 0 Å². The minimum absolute atomic E-state index is 0.0196. The molecule has 15 heavy (non-hydrogen) atoms. The third kappa shape index (κ3) is 9.47. The first-order valence-corrected chi connectivity index (χ1v) is 5.61. The van der Waals surface area contributed by atoms with Crippen LogP contribution in [0.3, 0.4) is 0 Å². The molecular weight excluding hydrogens is 190 g/mol. The van der Waals surface area contributed by atoms with Crippen LogP contribution in [0.2, 0.25) is 0 Å². The second kappa shape index (κ2) is 8.48. The van der Waals surface area contributed by atoms with Crippen LogP contribution in [0.1, 0.15) is 40.0 Å². The third-order valence-corrected chi connectivity index (χ3v) is 2.46. The number of carbonyl (C=O) groups excluding carboxylic acids is 1. The molecule has 3 nitrogen and oxygen atoms in total. The highest BCUT2D eigenvalue weighted by molar-refractivity contribution is 5.72. The highest BCUT2D eigenvalue weighted by Crippen LogP contribution is 2.10. The first kappa shape index (κ1) is 14.2. The molecule has 3 heteroatoms. The largest absolute Gasteiger partial charge is 0.393 e. The highest BCUT2D eigenvalue weighted by Gasteiger charge is 2.06. The highest BCUT2D eigenvalue weighted by atomic mass is 16.3. The molecule has 0 saturated heterocycles. The summed E-state index contributed by atoms with van der Waals surface area (Å²) in [6, 6.07) is 0. The molecule has 1 amide bonds. The number of carbonyl (C=O) groups is 1. The quantitative estimate of drug-likeness (QED) is 0.501. The van der Waals surface area contributed by atoms with Crippen molar-refractivity contribution in [2.24, 2.45) is 5.92 Å². The lowest BCUT2D eigenvalue weighted by Gasteiger charge is -2.12. The number of allylic oxidation sites excluding steroid dienone is 1. The van der Waals surface area contributed by atoms with Gasteiger partial charge in [0.1, 0.15) is 0 Å². The summed E-state index contributed by atoms with van der Waals surface area (Å²) in [6.07, 6.45) is 6.84. The zero-order valence-corrected chi connectivity index (χ0v) is 9.99. The van der Waals surface area contributed by atoms with Gasteiger partial charge in [-0.2, -0.15) is 0 Å². The van der Waals surface area contributed by atoms with Gasteiger partial charge >= 0.3 is 0 Å². The Morgan fingerprint density at radius 1 is 1.33 bits per heavy atom. The van der Waals surface area contributed by atoms with E-state index in [0.29, 0.717) is 12.5 Å². The maximum Gasteiger partial charge on any atom is 0.216 e. The fourth-order valence-electron chi connectivity index (χ4n) is 1.17. The van der Waals surface area contributed by atoms with Crippen molar-refractivity contribution in [1.29, 1.82) is 0 Å². The van der Waals surface area contributed by atoms with E-state index in [2.05, 4.69) is 24.4 Å². The van der Waals surface area contributed by atoms with Crippen molar-refractivity contribution in [3.05, 3.63) is 12.2 Å². The van der Waals surface area contributed by atoms with Gasteiger partial charge in [0.2, 0.25) is 5.91 Å². The van der Waals surface area contributed by atoms with Crippen LogP contribution in [0.4, 0.5) is 0 Å². The molecule has 0 aliphatic carbocycles. The van der Waals surface area contributed by atoms with Crippen LogP contribution in [0.15, 0.2) is 12.2 Å². The summed E-state index contributed by atoms with van der Waals surface area (Å²) in [5.74, 6) is 0.371. The zero-order valence-electron chi connectivity index (χ0n) is 9.99. The van der Waals surface area contributed by atoms with E-state index >= 15 is 0 Å². The normalized spacial score (nSPS) is 15.2. The number of aliphatic hydroxyl groups is 1. The molecule has 0 aliphatic heterocycles. The summed E-state index contributed by atoms with van der Waals surface area (Å²) in [5.41, 5.74) is 0. The lowest BCUT2D eigenvalue weighted by molar-refractivity contribution is -0.118. The Hall–Kier alpha value is -0.830. The minimum atomic E-state index is -0.224. The van der Waals surface area contributed by atoms with Gasteiger partial charge in [-0.15, -0.1) is 0 Å². The molecule has 0 spiro atoms. The van der Waals surface area contributed by atoms with Gasteiger partial charge in [-0.05, 0) is 32.1 Å². The maximum absolute atomic E-state index is 10.5. The Bertz CT molecular complexity index is 200. The molecule has 88 valence electrons. The number of rotatable bonds is 7. The van der Waals surface area contributed by atoms with Crippen LogP contribution >= 0.6 is 0 Å². The van der Waals surface area contributed by atoms with Gasteiger partial charge in [-0.3, -0.25) is 4.79 Å². The molecular formula is C12H23NO2. The molecule has 0 unspecified atom stereocenters. The molecule has 2 atom stereocenters. The summed E-state index contributed by atoms with van der Waals surface area (Å²) >= 11 is 0. The average Bonchev–Trinajstić information content (AvgIpc) is 2.15. The molecule has 0 heterocycles. The first-order valence-electron chi connectivity index (χ1n) is 5.61. The number of hydrogen-bond donors (Lipinski definition) is 2. The molecule has 0 saturated carbocycles. The van der Waals surface area contributed by atoms with Gasteiger partial charge in [0.15, 0.2) is 0 Å². The van der Waals surface area contributed by atoms with Crippen LogP contribution in [-0.2, 0) is 4.79 Å². The molecule has 0 radical (unpaired) electrons. The molecule has 0 aliphatic rings. The van der Waals surface area contributed by atoms with Crippen molar-refractivity contribution in [2.45, 2.75) is 46.1 Å². The Morgan fingerprint density at radius 2 is 1.93 bits per heavy atom. The summed E-state index contributed by atoms with van der Waals surface area (Å²) in [5, 5.41) is 12.0. The molecule has 0 fully saturated rings. The van der Waals surface area contributed by atoms with Crippen molar-refractivity contribution in [1.82, 2.24) is 5.32 Å². The van der Waals surface area contributed by atoms with Crippen molar-refractivity contribution in [3.63, 3.8) is 0 Å². The third-order valence-electron chi connectivity index (χ3n) is 2.46. The molecule has 0 rings (SSSR count). The van der Waals surface area contributed by atoms with Crippen molar-refractivity contribution < 1.29 is 9.90 Å². The minimum Gasteiger partial charge on any atom is -0.393 e. The average molecular weight is 213 g/mol. The van der Waals surface area contributed by atoms with Gasteiger partial charge in [-0.1, -0.05) is 19.1 Å². The van der Waals surface area contributed by atoms with E-state index in [0.717, 1.165) is 19.3 Å². The van der Waals surface area contributed by atoms with E-state index in [1.54, 1.807) is 0 Å². The molecule has 0 bridgehead atoms. The maximum atomic E-state index is 10.5. The molecule has 0 aromatic rings. The predicted molar refractivity (Wildman–Crippen MR) is 62.5 cm³/mol. The van der Waals surface area contributed by atoms with E-state index in [1.807, 2.05) is 6.92 Å². The summed E-state index contributed by atoms with van der Waals surface area (Å²) < 4.78 is 0. The van der Waals surface area contributed by atoms with Gasteiger partial charge in [-0.25, -0.2) is 0 Å². The van der Waals surface area contributed by atoms with Crippen molar-refractivity contribution in [2.75, 3.05) is 6.54 Å². The van der Waals surface area contributed by atoms with Gasteiger partial charge in [0, 0.05) is 13.5 Å². The fourth-order valence-corrected chi connectivity index (χ4v) is 1.17. The monoisotopic (exact) mass is 213 g/mol. The Kier molecular flexibility index (Phi) is 8.01. The van der Waals surface area contributed by atoms with Crippen LogP contribution in [0, 0.1) is 5.92 Å². The lowest BCUT2D eigenvalue weighted by Crippen LogP contribution is -2.20. The molecule has 2 N–H and O–H groups in total. The van der Waals surface area contributed by atoms with Gasteiger partial charge in [0.05, 0.1) is 6.10 Å². The topological polar surface area (TPSA) is 49.3 Å². The smallest absolute Gasteiger partial charge is 0.216 e. The van der Waals surface area contributed by atoms with E-state index in [9.17, 15) is 9.90 Å². The second-order valence-corrected chi connectivity index (χ2v) is 4.04. The van der Waals surface area contributed by atoms with Gasteiger partial charge in [0.25, 0.3) is 0 Å².